The van der Waals surface area contributed by atoms with Crippen molar-refractivity contribution in [1.29, 1.82) is 0 Å². The maximum absolute atomic E-state index is 16.1. The van der Waals surface area contributed by atoms with E-state index in [1.54, 1.807) is 30.0 Å². The molecule has 1 atom stereocenters. The van der Waals surface area contributed by atoms with Crippen LogP contribution < -0.4 is 15.4 Å². The van der Waals surface area contributed by atoms with Gasteiger partial charge in [0.25, 0.3) is 0 Å². The Morgan fingerprint density at radius 2 is 2.17 bits per heavy atom. The second-order valence-electron chi connectivity index (χ2n) is 8.71. The van der Waals surface area contributed by atoms with Crippen molar-refractivity contribution < 1.29 is 18.3 Å². The van der Waals surface area contributed by atoms with Crippen LogP contribution in [0.5, 0.6) is 5.75 Å². The van der Waals surface area contributed by atoms with Gasteiger partial charge in [0.05, 0.1) is 28.5 Å². The first-order chi connectivity index (χ1) is 16.9. The third-order valence-electron chi connectivity index (χ3n) is 6.73. The number of aromatic nitrogens is 2. The van der Waals surface area contributed by atoms with Gasteiger partial charge in [-0.25, -0.2) is 14.2 Å². The number of H-pyrrole nitrogens is 1. The summed E-state index contributed by atoms with van der Waals surface area (Å²) in [5.41, 5.74) is 2.73. The minimum absolute atomic E-state index is 0.0996. The maximum Gasteiger partial charge on any atom is 0.417 e. The van der Waals surface area contributed by atoms with E-state index in [-0.39, 0.29) is 33.6 Å². The molecule has 10 heteroatoms. The number of benzene rings is 2. The highest BCUT2D eigenvalue weighted by Crippen LogP contribution is 2.46. The molecule has 6 rings (SSSR count). The first-order valence-corrected chi connectivity index (χ1v) is 11.5. The van der Waals surface area contributed by atoms with Crippen molar-refractivity contribution in [3.63, 3.8) is 0 Å². The minimum Gasteiger partial charge on any atom is -0.488 e. The van der Waals surface area contributed by atoms with Gasteiger partial charge < -0.3 is 19.0 Å². The second kappa shape index (κ2) is 7.84. The fourth-order valence-corrected chi connectivity index (χ4v) is 5.38. The summed E-state index contributed by atoms with van der Waals surface area (Å²) in [6.45, 7) is 7.27. The molecule has 0 spiro atoms. The number of oxazole rings is 1. The molecule has 1 saturated heterocycles. The number of rotatable bonds is 2. The summed E-state index contributed by atoms with van der Waals surface area (Å²) in [5.74, 6) is -0.837. The number of amides is 1. The average molecular weight is 495 g/mol. The monoisotopic (exact) mass is 494 g/mol. The average Bonchev–Trinajstić information content (AvgIpc) is 3.24. The number of nitrogens with one attached hydrogen (secondary N) is 1. The number of fused-ring (bicyclic) bond motifs is 6. The number of ether oxygens (including phenoxy) is 1. The molecule has 0 saturated carbocycles. The van der Waals surface area contributed by atoms with E-state index < -0.39 is 11.6 Å². The predicted molar refractivity (Wildman–Crippen MR) is 131 cm³/mol. The van der Waals surface area contributed by atoms with Crippen molar-refractivity contribution >= 4 is 45.2 Å². The first kappa shape index (κ1) is 21.7. The zero-order valence-electron chi connectivity index (χ0n) is 18.7. The molecular weight excluding hydrogens is 475 g/mol. The number of hydrogen-bond acceptors (Lipinski definition) is 6. The summed E-state index contributed by atoms with van der Waals surface area (Å²) in [5, 5.41) is 0.676. The van der Waals surface area contributed by atoms with E-state index in [1.807, 2.05) is 0 Å². The molecule has 4 aromatic rings. The summed E-state index contributed by atoms with van der Waals surface area (Å²) in [6, 6.07) is 5.05. The lowest BCUT2D eigenvalue weighted by Gasteiger charge is -2.45. The number of anilines is 1. The van der Waals surface area contributed by atoms with Gasteiger partial charge in [-0.3, -0.25) is 9.78 Å². The largest absolute Gasteiger partial charge is 0.488 e. The molecule has 2 aliphatic heterocycles. The van der Waals surface area contributed by atoms with Gasteiger partial charge in [-0.15, -0.1) is 0 Å². The molecule has 1 fully saturated rings. The predicted octanol–water partition coefficient (Wildman–Crippen LogP) is 4.03. The minimum atomic E-state index is -0.631. The Balaban J connectivity index is 1.53. The van der Waals surface area contributed by atoms with Crippen LogP contribution in [0, 0.1) is 12.7 Å². The zero-order chi connectivity index (χ0) is 24.4. The van der Waals surface area contributed by atoms with Gasteiger partial charge in [0.15, 0.2) is 17.1 Å². The van der Waals surface area contributed by atoms with E-state index in [4.69, 9.17) is 20.8 Å². The van der Waals surface area contributed by atoms with Crippen LogP contribution in [-0.2, 0) is 4.79 Å². The van der Waals surface area contributed by atoms with Gasteiger partial charge in [-0.05, 0) is 30.7 Å². The highest BCUT2D eigenvalue weighted by atomic mass is 35.5. The van der Waals surface area contributed by atoms with Gasteiger partial charge in [0.2, 0.25) is 5.91 Å². The second-order valence-corrected chi connectivity index (χ2v) is 9.12. The number of aryl methyl sites for hydroxylation is 1. The summed E-state index contributed by atoms with van der Waals surface area (Å²) >= 11 is 6.70. The molecule has 0 bridgehead atoms. The molecule has 8 nitrogen and oxygen atoms in total. The summed E-state index contributed by atoms with van der Waals surface area (Å²) in [6.07, 6.45) is 2.82. The van der Waals surface area contributed by atoms with Crippen LogP contribution in [0.3, 0.4) is 0 Å². The molecule has 0 unspecified atom stereocenters. The Morgan fingerprint density at radius 1 is 1.34 bits per heavy atom. The maximum atomic E-state index is 16.1. The van der Waals surface area contributed by atoms with E-state index in [9.17, 15) is 9.59 Å². The van der Waals surface area contributed by atoms with E-state index in [2.05, 4.69) is 21.4 Å². The molecule has 2 aliphatic rings. The van der Waals surface area contributed by atoms with Crippen LogP contribution in [-0.4, -0.2) is 53.1 Å². The Bertz CT molecular complexity index is 1610. The van der Waals surface area contributed by atoms with Crippen LogP contribution in [0.2, 0.25) is 5.02 Å². The van der Waals surface area contributed by atoms with Crippen molar-refractivity contribution in [2.75, 3.05) is 31.1 Å². The fraction of sp³-hybridized carbons (Fsp3) is 0.240. The van der Waals surface area contributed by atoms with Crippen molar-refractivity contribution in [3.8, 4) is 16.9 Å². The number of carbonyl (C=O) groups excluding carboxylic acids is 1. The SMILES string of the molecule is C=CC(=O)N1CCN2c3c(cnc4c(F)c(-c5c(C)ccc6[nH]c(=O)oc56)c(Cl)cc34)OC[C@H]2C1. The van der Waals surface area contributed by atoms with Gasteiger partial charge in [0.1, 0.15) is 12.1 Å². The van der Waals surface area contributed by atoms with Crippen LogP contribution in [0.25, 0.3) is 33.1 Å². The van der Waals surface area contributed by atoms with E-state index >= 15 is 4.39 Å². The van der Waals surface area contributed by atoms with Crippen molar-refractivity contribution in [2.24, 2.45) is 0 Å². The van der Waals surface area contributed by atoms with E-state index in [1.165, 1.54) is 12.3 Å². The standard InChI is InChI=1S/C25H20ClFN4O4/c1-3-18(32)30-6-7-31-13(10-30)11-34-17-9-28-22-14(23(17)31)8-15(26)20(21(22)27)19-12(2)4-5-16-24(19)35-25(33)29-16/h3-5,8-9,13H,1,6-7,10-11H2,2H3,(H,29,33)/t13-/m1/s1. The normalized spacial score (nSPS) is 17.3. The third kappa shape index (κ3) is 3.22. The molecule has 35 heavy (non-hydrogen) atoms. The lowest BCUT2D eigenvalue weighted by molar-refractivity contribution is -0.127. The number of carbonyl (C=O) groups is 1. The quantitative estimate of drug-likeness (QED) is 0.423. The van der Waals surface area contributed by atoms with Crippen LogP contribution in [0.15, 0.2) is 46.3 Å². The van der Waals surface area contributed by atoms with Crippen molar-refractivity contribution in [1.82, 2.24) is 14.9 Å². The zero-order valence-corrected chi connectivity index (χ0v) is 19.5. The topological polar surface area (TPSA) is 91.7 Å². The van der Waals surface area contributed by atoms with Gasteiger partial charge in [-0.2, -0.15) is 0 Å². The lowest BCUT2D eigenvalue weighted by atomic mass is 9.96. The molecule has 2 aromatic heterocycles. The van der Waals surface area contributed by atoms with Crippen LogP contribution in [0.1, 0.15) is 5.56 Å². The summed E-state index contributed by atoms with van der Waals surface area (Å²) in [7, 11) is 0. The number of aromatic amines is 1. The lowest BCUT2D eigenvalue weighted by Crippen LogP contribution is -2.58. The Morgan fingerprint density at radius 3 is 2.97 bits per heavy atom. The Hall–Kier alpha value is -3.85. The molecule has 178 valence electrons. The number of hydrogen-bond donors (Lipinski definition) is 1. The number of pyridine rings is 1. The van der Waals surface area contributed by atoms with E-state index in [0.29, 0.717) is 59.7 Å². The fourth-order valence-electron chi connectivity index (χ4n) is 5.10. The Labute approximate surface area is 203 Å². The summed E-state index contributed by atoms with van der Waals surface area (Å²) < 4.78 is 27.4. The highest BCUT2D eigenvalue weighted by Gasteiger charge is 2.36. The molecule has 4 heterocycles. The number of piperazine rings is 1. The molecular formula is C25H20ClFN4O4. The number of nitrogens with zero attached hydrogens (tertiary/aromatic N) is 3. The molecule has 2 aromatic carbocycles. The van der Waals surface area contributed by atoms with Crippen molar-refractivity contribution in [3.05, 3.63) is 64.0 Å². The van der Waals surface area contributed by atoms with Crippen LogP contribution in [0.4, 0.5) is 10.1 Å². The van der Waals surface area contributed by atoms with Crippen LogP contribution >= 0.6 is 11.6 Å². The van der Waals surface area contributed by atoms with E-state index in [0.717, 1.165) is 0 Å². The molecule has 1 amide bonds. The molecule has 1 N–H and O–H groups in total. The first-order valence-electron chi connectivity index (χ1n) is 11.1. The summed E-state index contributed by atoms with van der Waals surface area (Å²) in [4.78, 5) is 34.8. The van der Waals surface area contributed by atoms with Gasteiger partial charge >= 0.3 is 5.76 Å². The molecule has 0 radical (unpaired) electrons. The third-order valence-corrected chi connectivity index (χ3v) is 7.02. The van der Waals surface area contributed by atoms with Gasteiger partial charge in [0, 0.05) is 36.1 Å². The Kier molecular flexibility index (Phi) is 4.86. The van der Waals surface area contributed by atoms with Crippen molar-refractivity contribution in [2.45, 2.75) is 13.0 Å². The molecule has 0 aliphatic carbocycles. The van der Waals surface area contributed by atoms with Gasteiger partial charge in [-0.1, -0.05) is 24.2 Å². The number of halogens is 2. The highest BCUT2D eigenvalue weighted by molar-refractivity contribution is 6.35. The smallest absolute Gasteiger partial charge is 0.417 e.